The van der Waals surface area contributed by atoms with Gasteiger partial charge in [-0.3, -0.25) is 9.69 Å². The predicted molar refractivity (Wildman–Crippen MR) is 95.8 cm³/mol. The summed E-state index contributed by atoms with van der Waals surface area (Å²) >= 11 is 3.07. The number of carbonyl (C=O) groups excluding carboxylic acids is 2. The van der Waals surface area contributed by atoms with Gasteiger partial charge < -0.3 is 9.84 Å². The first-order chi connectivity index (χ1) is 12.8. The van der Waals surface area contributed by atoms with Crippen molar-refractivity contribution in [2.45, 2.75) is 31.8 Å². The number of carbonyl (C=O) groups is 3. The lowest BCUT2D eigenvalue weighted by Gasteiger charge is -2.24. The number of esters is 1. The Bertz CT molecular complexity index is 915. The normalized spacial score (nSPS) is 17.9. The summed E-state index contributed by atoms with van der Waals surface area (Å²) < 4.78 is 20.5. The number of hydrogen-bond acceptors (Lipinski definition) is 5. The summed E-state index contributed by atoms with van der Waals surface area (Å²) in [6.45, 7) is 1.84. The van der Waals surface area contributed by atoms with E-state index in [4.69, 9.17) is 4.74 Å². The van der Waals surface area contributed by atoms with Gasteiger partial charge in [0.05, 0.1) is 17.1 Å². The zero-order valence-electron chi connectivity index (χ0n) is 14.4. The fraction of sp³-hybridized carbons (Fsp3) is 0.412. The van der Waals surface area contributed by atoms with Crippen LogP contribution in [-0.2, 0) is 14.3 Å². The highest BCUT2D eigenvalue weighted by Gasteiger charge is 2.42. The smallest absolute Gasteiger partial charge is 0.407 e. The van der Waals surface area contributed by atoms with Crippen LogP contribution < -0.4 is 0 Å². The fourth-order valence-corrected chi connectivity index (χ4v) is 3.55. The molecule has 1 aliphatic rings. The van der Waals surface area contributed by atoms with Gasteiger partial charge in [0.15, 0.2) is 11.6 Å². The molecule has 3 rings (SSSR count). The van der Waals surface area contributed by atoms with Crippen LogP contribution in [0.15, 0.2) is 22.8 Å². The third kappa shape index (κ3) is 3.53. The molecule has 0 saturated carbocycles. The minimum absolute atomic E-state index is 0.00649. The molecule has 1 aromatic carbocycles. The predicted octanol–water partition coefficient (Wildman–Crippen LogP) is 2.75. The second-order valence-electron chi connectivity index (χ2n) is 6.10. The number of benzene rings is 1. The number of halogens is 2. The molecule has 1 aliphatic heterocycles. The van der Waals surface area contributed by atoms with E-state index in [9.17, 15) is 23.9 Å². The molecule has 144 valence electrons. The van der Waals surface area contributed by atoms with Gasteiger partial charge in [-0.25, -0.2) is 18.7 Å². The molecule has 2 aromatic rings. The molecule has 8 nitrogen and oxygen atoms in total. The Kier molecular flexibility index (Phi) is 5.45. The maximum Gasteiger partial charge on any atom is 0.407 e. The summed E-state index contributed by atoms with van der Waals surface area (Å²) in [5, 5.41) is 13.8. The van der Waals surface area contributed by atoms with E-state index in [-0.39, 0.29) is 23.1 Å². The number of Topliss-reactive ketones (excluding diaryl/α,β-unsaturated/α-hetero) is 1. The molecule has 1 fully saturated rings. The number of amides is 1. The second-order valence-corrected chi connectivity index (χ2v) is 6.95. The molecule has 0 aliphatic carbocycles. The lowest BCUT2D eigenvalue weighted by atomic mass is 10.0. The van der Waals surface area contributed by atoms with E-state index in [0.29, 0.717) is 18.2 Å². The van der Waals surface area contributed by atoms with Crippen LogP contribution in [-0.4, -0.2) is 56.8 Å². The van der Waals surface area contributed by atoms with Crippen LogP contribution in [0.25, 0.3) is 10.9 Å². The Morgan fingerprint density at radius 3 is 2.85 bits per heavy atom. The van der Waals surface area contributed by atoms with E-state index in [1.807, 2.05) is 0 Å². The standard InChI is InChI=1S/C17H17BrFN3O5/c1-2-27-16(24)14(15(23)11-4-3-7-21(11)17(25)26)22-8-9-5-6-10(18)12(19)13(9)20-22/h5-6,8,11,14H,2-4,7H2,1H3,(H,25,26)/t11-,14?/m0/s1. The first kappa shape index (κ1) is 19.3. The highest BCUT2D eigenvalue weighted by Crippen LogP contribution is 2.28. The molecule has 1 N–H and O–H groups in total. The molecule has 0 spiro atoms. The van der Waals surface area contributed by atoms with Gasteiger partial charge in [-0.1, -0.05) is 0 Å². The monoisotopic (exact) mass is 441 g/mol. The van der Waals surface area contributed by atoms with Gasteiger partial charge in [0, 0.05) is 18.1 Å². The maximum absolute atomic E-state index is 14.3. The molecule has 1 unspecified atom stereocenters. The summed E-state index contributed by atoms with van der Waals surface area (Å²) in [6, 6.07) is 0.632. The van der Waals surface area contributed by atoms with Crippen LogP contribution in [0.4, 0.5) is 9.18 Å². The number of carboxylic acid groups (broad SMARTS) is 1. The minimum Gasteiger partial charge on any atom is -0.465 e. The average Bonchev–Trinajstić information content (AvgIpc) is 3.26. The van der Waals surface area contributed by atoms with Crippen LogP contribution in [0.1, 0.15) is 25.8 Å². The van der Waals surface area contributed by atoms with E-state index >= 15 is 0 Å². The van der Waals surface area contributed by atoms with Crippen molar-refractivity contribution < 1.29 is 28.6 Å². The second kappa shape index (κ2) is 7.63. The van der Waals surface area contributed by atoms with E-state index in [1.165, 1.54) is 12.3 Å². The van der Waals surface area contributed by atoms with Gasteiger partial charge in [-0.05, 0) is 47.8 Å². The quantitative estimate of drug-likeness (QED) is 0.565. The molecule has 10 heteroatoms. The van der Waals surface area contributed by atoms with Crippen molar-refractivity contribution in [1.82, 2.24) is 14.7 Å². The highest BCUT2D eigenvalue weighted by atomic mass is 79.9. The largest absolute Gasteiger partial charge is 0.465 e. The molecule has 1 aromatic heterocycles. The van der Waals surface area contributed by atoms with E-state index in [2.05, 4.69) is 21.0 Å². The molecular weight excluding hydrogens is 425 g/mol. The lowest BCUT2D eigenvalue weighted by molar-refractivity contribution is -0.152. The number of likely N-dealkylation sites (tertiary alicyclic amines) is 1. The molecular formula is C17H17BrFN3O5. The van der Waals surface area contributed by atoms with Crippen molar-refractivity contribution >= 4 is 44.7 Å². The summed E-state index contributed by atoms with van der Waals surface area (Å²) in [5.74, 6) is -2.11. The number of nitrogens with zero attached hydrogens (tertiary/aromatic N) is 3. The van der Waals surface area contributed by atoms with Gasteiger partial charge in [-0.2, -0.15) is 5.10 Å². The van der Waals surface area contributed by atoms with E-state index in [0.717, 1.165) is 9.58 Å². The van der Waals surface area contributed by atoms with Crippen molar-refractivity contribution in [3.8, 4) is 0 Å². The Morgan fingerprint density at radius 1 is 1.44 bits per heavy atom. The summed E-state index contributed by atoms with van der Waals surface area (Å²) in [4.78, 5) is 37.9. The number of rotatable bonds is 5. The molecule has 1 saturated heterocycles. The first-order valence-electron chi connectivity index (χ1n) is 8.38. The van der Waals surface area contributed by atoms with Crippen LogP contribution in [0, 0.1) is 5.82 Å². The van der Waals surface area contributed by atoms with Gasteiger partial charge in [0.2, 0.25) is 6.04 Å². The van der Waals surface area contributed by atoms with Crippen molar-refractivity contribution in [2.75, 3.05) is 13.2 Å². The molecule has 0 radical (unpaired) electrons. The zero-order valence-corrected chi connectivity index (χ0v) is 16.0. The maximum atomic E-state index is 14.3. The molecule has 0 bridgehead atoms. The van der Waals surface area contributed by atoms with Crippen LogP contribution >= 0.6 is 15.9 Å². The molecule has 2 atom stereocenters. The highest BCUT2D eigenvalue weighted by molar-refractivity contribution is 9.10. The molecule has 1 amide bonds. The number of fused-ring (bicyclic) bond motifs is 1. The van der Waals surface area contributed by atoms with Crippen LogP contribution in [0.2, 0.25) is 0 Å². The number of hydrogen-bond donors (Lipinski definition) is 1. The van der Waals surface area contributed by atoms with Crippen molar-refractivity contribution in [3.63, 3.8) is 0 Å². The molecule has 2 heterocycles. The Morgan fingerprint density at radius 2 is 2.19 bits per heavy atom. The summed E-state index contributed by atoms with van der Waals surface area (Å²) in [5.41, 5.74) is -0.00649. The Hall–Kier alpha value is -2.49. The first-order valence-corrected chi connectivity index (χ1v) is 9.17. The summed E-state index contributed by atoms with van der Waals surface area (Å²) in [7, 11) is 0. The van der Waals surface area contributed by atoms with Crippen molar-refractivity contribution in [3.05, 3.63) is 28.6 Å². The SMILES string of the molecule is CCOC(=O)C(C(=O)[C@@H]1CCCN1C(=O)O)n1cc2ccc(Br)c(F)c2n1. The Balaban J connectivity index is 2.04. The Labute approximate surface area is 162 Å². The van der Waals surface area contributed by atoms with Crippen LogP contribution in [0.5, 0.6) is 0 Å². The fourth-order valence-electron chi connectivity index (χ4n) is 3.23. The lowest BCUT2D eigenvalue weighted by Crippen LogP contribution is -2.45. The number of ketones is 1. The van der Waals surface area contributed by atoms with Gasteiger partial charge in [0.25, 0.3) is 0 Å². The van der Waals surface area contributed by atoms with E-state index < -0.39 is 35.7 Å². The van der Waals surface area contributed by atoms with E-state index in [1.54, 1.807) is 13.0 Å². The number of ether oxygens (including phenoxy) is 1. The van der Waals surface area contributed by atoms with Gasteiger partial charge >= 0.3 is 12.1 Å². The van der Waals surface area contributed by atoms with Crippen molar-refractivity contribution in [2.24, 2.45) is 0 Å². The summed E-state index contributed by atoms with van der Waals surface area (Å²) in [6.07, 6.45) is 0.974. The van der Waals surface area contributed by atoms with Crippen LogP contribution in [0.3, 0.4) is 0 Å². The molecule has 27 heavy (non-hydrogen) atoms. The van der Waals surface area contributed by atoms with Gasteiger partial charge in [0.1, 0.15) is 5.52 Å². The van der Waals surface area contributed by atoms with Crippen molar-refractivity contribution in [1.29, 1.82) is 0 Å². The minimum atomic E-state index is -1.49. The average molecular weight is 442 g/mol. The topological polar surface area (TPSA) is 102 Å². The third-order valence-electron chi connectivity index (χ3n) is 4.46. The third-order valence-corrected chi connectivity index (χ3v) is 5.07. The zero-order chi connectivity index (χ0) is 19.7. The number of aromatic nitrogens is 2. The van der Waals surface area contributed by atoms with Gasteiger partial charge in [-0.15, -0.1) is 0 Å².